The first-order valence-electron chi connectivity index (χ1n) is 4.83. The molecule has 68 valence electrons. The van der Waals surface area contributed by atoms with Crippen LogP contribution in [0.2, 0.25) is 0 Å². The number of fused-ring (bicyclic) bond motifs is 1. The smallest absolute Gasteiger partial charge is 0.127 e. The second-order valence-corrected chi connectivity index (χ2v) is 3.29. The van der Waals surface area contributed by atoms with Crippen molar-refractivity contribution in [3.63, 3.8) is 0 Å². The van der Waals surface area contributed by atoms with Gasteiger partial charge in [-0.1, -0.05) is 31.5 Å². The Kier molecular flexibility index (Phi) is 2.35. The summed E-state index contributed by atoms with van der Waals surface area (Å²) in [6.45, 7) is 2.94. The second-order valence-electron chi connectivity index (χ2n) is 3.29. The molecule has 0 aliphatic carbocycles. The summed E-state index contributed by atoms with van der Waals surface area (Å²) in [5.41, 5.74) is 2.71. The molecule has 0 aromatic heterocycles. The first-order valence-corrected chi connectivity index (χ1v) is 4.83. The highest BCUT2D eigenvalue weighted by Gasteiger charge is 2.11. The van der Waals surface area contributed by atoms with Gasteiger partial charge in [0.2, 0.25) is 0 Å². The van der Waals surface area contributed by atoms with Gasteiger partial charge in [0, 0.05) is 5.56 Å². The van der Waals surface area contributed by atoms with Crippen LogP contribution >= 0.6 is 0 Å². The third kappa shape index (κ3) is 1.59. The van der Waals surface area contributed by atoms with E-state index in [1.165, 1.54) is 17.6 Å². The maximum Gasteiger partial charge on any atom is 0.127 e. The van der Waals surface area contributed by atoms with Crippen molar-refractivity contribution in [1.29, 1.82) is 0 Å². The molecule has 0 saturated carbocycles. The zero-order chi connectivity index (χ0) is 9.10. The summed E-state index contributed by atoms with van der Waals surface area (Å²) in [6.07, 6.45) is 4.53. The zero-order valence-corrected chi connectivity index (χ0v) is 7.92. The van der Waals surface area contributed by atoms with Crippen molar-refractivity contribution in [2.24, 2.45) is 0 Å². The van der Waals surface area contributed by atoms with Gasteiger partial charge in [-0.15, -0.1) is 0 Å². The Labute approximate surface area is 79.0 Å². The van der Waals surface area contributed by atoms with E-state index in [1.807, 2.05) is 12.1 Å². The minimum Gasteiger partial charge on any atom is -0.489 e. The minimum absolute atomic E-state index is 0.729. The van der Waals surface area contributed by atoms with Gasteiger partial charge in [0.05, 0.1) is 0 Å². The van der Waals surface area contributed by atoms with Gasteiger partial charge in [-0.2, -0.15) is 0 Å². The monoisotopic (exact) mass is 174 g/mol. The molecule has 13 heavy (non-hydrogen) atoms. The van der Waals surface area contributed by atoms with Gasteiger partial charge in [0.1, 0.15) is 12.4 Å². The molecule has 0 N–H and O–H groups in total. The number of hydrogen-bond donors (Lipinski definition) is 0. The minimum atomic E-state index is 0.729. The largest absolute Gasteiger partial charge is 0.489 e. The summed E-state index contributed by atoms with van der Waals surface area (Å²) in [7, 11) is 0. The van der Waals surface area contributed by atoms with Crippen LogP contribution in [-0.2, 0) is 0 Å². The molecule has 0 saturated heterocycles. The van der Waals surface area contributed by atoms with Crippen LogP contribution < -0.4 is 4.74 Å². The van der Waals surface area contributed by atoms with E-state index in [9.17, 15) is 0 Å². The average molecular weight is 174 g/mol. The van der Waals surface area contributed by atoms with Crippen molar-refractivity contribution in [3.8, 4) is 5.75 Å². The Balaban J connectivity index is 2.36. The van der Waals surface area contributed by atoms with Crippen molar-refractivity contribution < 1.29 is 4.74 Å². The third-order valence-electron chi connectivity index (χ3n) is 2.32. The molecular weight excluding hydrogens is 160 g/mol. The topological polar surface area (TPSA) is 9.23 Å². The predicted octanol–water partition coefficient (Wildman–Crippen LogP) is 3.26. The summed E-state index contributed by atoms with van der Waals surface area (Å²) in [5, 5.41) is 0. The number of hydrogen-bond acceptors (Lipinski definition) is 1. The zero-order valence-electron chi connectivity index (χ0n) is 7.92. The molecule has 1 heteroatoms. The van der Waals surface area contributed by atoms with Crippen molar-refractivity contribution in [1.82, 2.24) is 0 Å². The lowest BCUT2D eigenvalue weighted by Gasteiger charge is -2.17. The van der Waals surface area contributed by atoms with Crippen LogP contribution in [0.4, 0.5) is 0 Å². The third-order valence-corrected chi connectivity index (χ3v) is 2.32. The highest BCUT2D eigenvalue weighted by Crippen LogP contribution is 2.31. The standard InChI is InChI=1S/C12H14O/c1-2-5-10-8-9-13-12-7-4-3-6-11(10)12/h3-4,6-8H,2,5,9H2,1H3. The lowest BCUT2D eigenvalue weighted by Crippen LogP contribution is -2.04. The van der Waals surface area contributed by atoms with Crippen LogP contribution in [0.25, 0.3) is 5.57 Å². The molecule has 1 aromatic rings. The van der Waals surface area contributed by atoms with Crippen LogP contribution in [0.15, 0.2) is 30.3 Å². The van der Waals surface area contributed by atoms with Crippen molar-refractivity contribution in [2.75, 3.05) is 6.61 Å². The first kappa shape index (κ1) is 8.36. The van der Waals surface area contributed by atoms with Gasteiger partial charge in [0.25, 0.3) is 0 Å². The molecule has 0 radical (unpaired) electrons. The van der Waals surface area contributed by atoms with Crippen molar-refractivity contribution >= 4 is 5.57 Å². The fraction of sp³-hybridized carbons (Fsp3) is 0.333. The van der Waals surface area contributed by atoms with E-state index in [4.69, 9.17) is 4.74 Å². The van der Waals surface area contributed by atoms with Crippen LogP contribution in [-0.4, -0.2) is 6.61 Å². The van der Waals surface area contributed by atoms with Crippen LogP contribution in [0.1, 0.15) is 25.3 Å². The first-order chi connectivity index (χ1) is 6.42. The summed E-state index contributed by atoms with van der Waals surface area (Å²) in [5.74, 6) is 1.04. The van der Waals surface area contributed by atoms with E-state index in [0.717, 1.165) is 18.8 Å². The molecule has 0 amide bonds. The van der Waals surface area contributed by atoms with Crippen molar-refractivity contribution in [2.45, 2.75) is 19.8 Å². The van der Waals surface area contributed by atoms with E-state index in [0.29, 0.717) is 0 Å². The SMILES string of the molecule is CCCC1=CCOc2ccccc21. The number of ether oxygens (including phenoxy) is 1. The van der Waals surface area contributed by atoms with Crippen LogP contribution in [0.3, 0.4) is 0 Å². The molecule has 0 bridgehead atoms. The Morgan fingerprint density at radius 1 is 1.31 bits per heavy atom. The molecule has 1 nitrogen and oxygen atoms in total. The van der Waals surface area contributed by atoms with Gasteiger partial charge in [-0.25, -0.2) is 0 Å². The molecular formula is C12H14O. The summed E-state index contributed by atoms with van der Waals surface area (Å²) >= 11 is 0. The molecule has 1 aliphatic rings. The maximum atomic E-state index is 5.52. The van der Waals surface area contributed by atoms with E-state index in [2.05, 4.69) is 25.1 Å². The highest BCUT2D eigenvalue weighted by atomic mass is 16.5. The lowest BCUT2D eigenvalue weighted by molar-refractivity contribution is 0.356. The molecule has 0 spiro atoms. The average Bonchev–Trinajstić information content (AvgIpc) is 2.19. The quantitative estimate of drug-likeness (QED) is 0.668. The van der Waals surface area contributed by atoms with E-state index < -0.39 is 0 Å². The van der Waals surface area contributed by atoms with E-state index in [1.54, 1.807) is 0 Å². The number of para-hydroxylation sites is 1. The second kappa shape index (κ2) is 3.65. The fourth-order valence-electron chi connectivity index (χ4n) is 1.71. The van der Waals surface area contributed by atoms with Crippen LogP contribution in [0, 0.1) is 0 Å². The summed E-state index contributed by atoms with van der Waals surface area (Å²) in [6, 6.07) is 8.26. The van der Waals surface area contributed by atoms with E-state index >= 15 is 0 Å². The van der Waals surface area contributed by atoms with Gasteiger partial charge in [-0.3, -0.25) is 0 Å². The van der Waals surface area contributed by atoms with Gasteiger partial charge in [0.15, 0.2) is 0 Å². The normalized spacial score (nSPS) is 14.4. The fourth-order valence-corrected chi connectivity index (χ4v) is 1.71. The Hall–Kier alpha value is -1.24. The van der Waals surface area contributed by atoms with Gasteiger partial charge < -0.3 is 4.74 Å². The molecule has 1 aliphatic heterocycles. The highest BCUT2D eigenvalue weighted by molar-refractivity contribution is 5.71. The van der Waals surface area contributed by atoms with Crippen molar-refractivity contribution in [3.05, 3.63) is 35.9 Å². The molecule has 0 fully saturated rings. The Bertz CT molecular complexity index is 326. The predicted molar refractivity (Wildman–Crippen MR) is 54.8 cm³/mol. The summed E-state index contributed by atoms with van der Waals surface area (Å²) in [4.78, 5) is 0. The number of benzene rings is 1. The van der Waals surface area contributed by atoms with Gasteiger partial charge in [-0.05, 0) is 24.1 Å². The maximum absolute atomic E-state index is 5.52. The molecule has 0 unspecified atom stereocenters. The number of rotatable bonds is 2. The van der Waals surface area contributed by atoms with E-state index in [-0.39, 0.29) is 0 Å². The van der Waals surface area contributed by atoms with Crippen LogP contribution in [0.5, 0.6) is 5.75 Å². The summed E-state index contributed by atoms with van der Waals surface area (Å²) < 4.78 is 5.52. The molecule has 0 atom stereocenters. The molecule has 1 aromatic carbocycles. The number of allylic oxidation sites excluding steroid dienone is 1. The lowest BCUT2D eigenvalue weighted by atomic mass is 9.99. The molecule has 1 heterocycles. The van der Waals surface area contributed by atoms with Gasteiger partial charge >= 0.3 is 0 Å². The Morgan fingerprint density at radius 3 is 3.00 bits per heavy atom. The Morgan fingerprint density at radius 2 is 2.15 bits per heavy atom. The molecule has 2 rings (SSSR count).